The van der Waals surface area contributed by atoms with Crippen molar-refractivity contribution >= 4 is 17.1 Å². The lowest BCUT2D eigenvalue weighted by atomic mass is 9.83. The molecule has 6 rings (SSSR count). The average molecular weight is 485 g/mol. The van der Waals surface area contributed by atoms with Crippen LogP contribution in [-0.4, -0.2) is 6.17 Å². The van der Waals surface area contributed by atoms with E-state index in [-0.39, 0.29) is 6.17 Å². The molecule has 0 fully saturated rings. The Bertz CT molecular complexity index is 1590. The van der Waals surface area contributed by atoms with Crippen molar-refractivity contribution in [3.05, 3.63) is 112 Å². The van der Waals surface area contributed by atoms with E-state index in [9.17, 15) is 0 Å². The van der Waals surface area contributed by atoms with E-state index in [1.54, 1.807) is 0 Å². The molecule has 0 spiro atoms. The summed E-state index contributed by atoms with van der Waals surface area (Å²) in [6.07, 6.45) is 3.58. The Kier molecular flexibility index (Phi) is 5.53. The number of fused-ring (bicyclic) bond motifs is 8. The van der Waals surface area contributed by atoms with Crippen LogP contribution in [0.25, 0.3) is 28.0 Å². The molecule has 0 aromatic heterocycles. The van der Waals surface area contributed by atoms with Crippen molar-refractivity contribution in [3.8, 4) is 22.3 Å². The van der Waals surface area contributed by atoms with Gasteiger partial charge in [0.2, 0.25) is 0 Å². The second kappa shape index (κ2) is 8.66. The number of hydrogen-bond acceptors (Lipinski definition) is 2. The van der Waals surface area contributed by atoms with E-state index >= 15 is 0 Å². The zero-order valence-electron chi connectivity index (χ0n) is 23.1. The highest BCUT2D eigenvalue weighted by molar-refractivity contribution is 6.04. The molecule has 0 saturated carbocycles. The highest BCUT2D eigenvalue weighted by Crippen LogP contribution is 2.52. The summed E-state index contributed by atoms with van der Waals surface area (Å²) in [5, 5.41) is 0. The van der Waals surface area contributed by atoms with Gasteiger partial charge in [0.15, 0.2) is 0 Å². The summed E-state index contributed by atoms with van der Waals surface area (Å²) in [4.78, 5) is 5.09. The summed E-state index contributed by atoms with van der Waals surface area (Å²) in [6.45, 7) is 15.9. The molecular formula is C35H36N2. The van der Waals surface area contributed by atoms with Crippen LogP contribution in [0.3, 0.4) is 0 Å². The fourth-order valence-electron chi connectivity index (χ4n) is 6.68. The SMILES string of the molecule is CCc1cccc(N2C=C3c4c(C)cccc4-c4cccc(C)c4-c4cc(C)cc(C)c4N3[C@@H]2C)c1C. The first kappa shape index (κ1) is 23.6. The number of rotatable bonds is 2. The molecule has 186 valence electrons. The quantitative estimate of drug-likeness (QED) is 0.280. The largest absolute Gasteiger partial charge is 0.325 e. The minimum Gasteiger partial charge on any atom is -0.325 e. The third-order valence-corrected chi connectivity index (χ3v) is 8.42. The van der Waals surface area contributed by atoms with Gasteiger partial charge in [-0.15, -0.1) is 0 Å². The van der Waals surface area contributed by atoms with Crippen LogP contribution in [0, 0.1) is 34.6 Å². The fourth-order valence-corrected chi connectivity index (χ4v) is 6.68. The third kappa shape index (κ3) is 3.46. The monoisotopic (exact) mass is 484 g/mol. The predicted molar refractivity (Wildman–Crippen MR) is 159 cm³/mol. The van der Waals surface area contributed by atoms with E-state index in [1.165, 1.54) is 78.3 Å². The van der Waals surface area contributed by atoms with Crippen molar-refractivity contribution in [3.63, 3.8) is 0 Å². The Morgan fingerprint density at radius 1 is 0.703 bits per heavy atom. The van der Waals surface area contributed by atoms with Crippen molar-refractivity contribution in [1.29, 1.82) is 0 Å². The highest BCUT2D eigenvalue weighted by Gasteiger charge is 2.38. The molecule has 0 bridgehead atoms. The molecular weight excluding hydrogens is 448 g/mol. The third-order valence-electron chi connectivity index (χ3n) is 8.42. The summed E-state index contributed by atoms with van der Waals surface area (Å²) in [5.41, 5.74) is 18.6. The molecule has 4 aromatic rings. The summed E-state index contributed by atoms with van der Waals surface area (Å²) >= 11 is 0. The topological polar surface area (TPSA) is 6.48 Å². The van der Waals surface area contributed by atoms with E-state index in [4.69, 9.17) is 0 Å². The van der Waals surface area contributed by atoms with Gasteiger partial charge in [0, 0.05) is 23.0 Å². The Balaban J connectivity index is 1.73. The van der Waals surface area contributed by atoms with Gasteiger partial charge >= 0.3 is 0 Å². The number of aryl methyl sites for hydroxylation is 5. The zero-order valence-corrected chi connectivity index (χ0v) is 23.1. The van der Waals surface area contributed by atoms with Gasteiger partial charge in [-0.25, -0.2) is 0 Å². The van der Waals surface area contributed by atoms with Crippen molar-refractivity contribution in [2.24, 2.45) is 0 Å². The van der Waals surface area contributed by atoms with Crippen LogP contribution in [0.4, 0.5) is 11.4 Å². The molecule has 0 saturated heterocycles. The van der Waals surface area contributed by atoms with Crippen LogP contribution < -0.4 is 9.80 Å². The lowest BCUT2D eigenvalue weighted by molar-refractivity contribution is 0.750. The molecule has 0 aliphatic carbocycles. The summed E-state index contributed by atoms with van der Waals surface area (Å²) < 4.78 is 0. The average Bonchev–Trinajstić information content (AvgIpc) is 3.18. The maximum absolute atomic E-state index is 2.60. The maximum Gasteiger partial charge on any atom is 0.108 e. The minimum atomic E-state index is 0.138. The molecule has 37 heavy (non-hydrogen) atoms. The van der Waals surface area contributed by atoms with E-state index < -0.39 is 0 Å². The van der Waals surface area contributed by atoms with Gasteiger partial charge in [0.05, 0.1) is 11.4 Å². The first-order valence-corrected chi connectivity index (χ1v) is 13.5. The van der Waals surface area contributed by atoms with Crippen LogP contribution in [0.5, 0.6) is 0 Å². The maximum atomic E-state index is 2.60. The summed E-state index contributed by atoms with van der Waals surface area (Å²) in [7, 11) is 0. The molecule has 0 radical (unpaired) electrons. The van der Waals surface area contributed by atoms with Crippen molar-refractivity contribution < 1.29 is 0 Å². The normalized spacial score (nSPS) is 15.9. The van der Waals surface area contributed by atoms with E-state index in [0.717, 1.165) is 6.42 Å². The smallest absolute Gasteiger partial charge is 0.108 e. The number of benzene rings is 4. The molecule has 2 aliphatic rings. The van der Waals surface area contributed by atoms with Gasteiger partial charge < -0.3 is 9.80 Å². The van der Waals surface area contributed by atoms with Gasteiger partial charge in [-0.05, 0) is 105 Å². The predicted octanol–water partition coefficient (Wildman–Crippen LogP) is 9.11. The van der Waals surface area contributed by atoms with E-state index in [2.05, 4.69) is 131 Å². The van der Waals surface area contributed by atoms with Crippen LogP contribution in [-0.2, 0) is 6.42 Å². The van der Waals surface area contributed by atoms with Crippen molar-refractivity contribution in [1.82, 2.24) is 0 Å². The van der Waals surface area contributed by atoms with Crippen LogP contribution in [0.1, 0.15) is 52.8 Å². The highest BCUT2D eigenvalue weighted by atomic mass is 15.4. The summed E-state index contributed by atoms with van der Waals surface area (Å²) in [5.74, 6) is 0. The first-order valence-electron chi connectivity index (χ1n) is 13.5. The molecule has 0 amide bonds. The minimum absolute atomic E-state index is 0.138. The van der Waals surface area contributed by atoms with E-state index in [1.807, 2.05) is 0 Å². The van der Waals surface area contributed by atoms with Crippen LogP contribution in [0.2, 0.25) is 0 Å². The first-order chi connectivity index (χ1) is 17.8. The Morgan fingerprint density at radius 2 is 1.35 bits per heavy atom. The Morgan fingerprint density at radius 3 is 2.05 bits per heavy atom. The van der Waals surface area contributed by atoms with Crippen molar-refractivity contribution in [2.45, 2.75) is 61.1 Å². The number of anilines is 2. The molecule has 2 aliphatic heterocycles. The molecule has 2 nitrogen and oxygen atoms in total. The summed E-state index contributed by atoms with van der Waals surface area (Å²) in [6, 6.07) is 25.0. The second-order valence-electron chi connectivity index (χ2n) is 10.8. The zero-order chi connectivity index (χ0) is 26.0. The van der Waals surface area contributed by atoms with Gasteiger partial charge in [0.1, 0.15) is 6.17 Å². The lowest BCUT2D eigenvalue weighted by Crippen LogP contribution is -2.38. The van der Waals surface area contributed by atoms with Gasteiger partial charge in [-0.2, -0.15) is 0 Å². The Labute approximate surface area is 221 Å². The van der Waals surface area contributed by atoms with Gasteiger partial charge in [-0.1, -0.05) is 67.1 Å². The molecule has 4 aromatic carbocycles. The molecule has 1 atom stereocenters. The fraction of sp³-hybridized carbons (Fsp3) is 0.257. The molecule has 2 heterocycles. The number of hydrogen-bond donors (Lipinski definition) is 0. The molecule has 2 heteroatoms. The van der Waals surface area contributed by atoms with E-state index in [0.29, 0.717) is 0 Å². The molecule has 0 unspecified atom stereocenters. The van der Waals surface area contributed by atoms with Crippen LogP contribution in [0.15, 0.2) is 72.9 Å². The van der Waals surface area contributed by atoms with Crippen LogP contribution >= 0.6 is 0 Å². The van der Waals surface area contributed by atoms with Gasteiger partial charge in [0.25, 0.3) is 0 Å². The molecule has 0 N–H and O–H groups in total. The van der Waals surface area contributed by atoms with Gasteiger partial charge in [-0.3, -0.25) is 0 Å². The lowest BCUT2D eigenvalue weighted by Gasteiger charge is -2.37. The number of nitrogens with zero attached hydrogens (tertiary/aromatic N) is 2. The second-order valence-corrected chi connectivity index (χ2v) is 10.8. The van der Waals surface area contributed by atoms with Crippen molar-refractivity contribution in [2.75, 3.05) is 9.80 Å². The standard InChI is InChI=1S/C35H36N2/c1-8-27-14-11-17-31(25(27)6)36-20-32-34-23(4)13-10-16-29(34)28-15-9-12-22(3)33(28)30-19-21(2)18-24(5)35(30)37(32)26(36)7/h9-20,26H,8H2,1-7H3/t26-/m1/s1. The Hall–Kier alpha value is -3.78.